The van der Waals surface area contributed by atoms with Gasteiger partial charge in [0.25, 0.3) is 0 Å². The Kier molecular flexibility index (Phi) is 4.36. The van der Waals surface area contributed by atoms with Gasteiger partial charge in [-0.05, 0) is 12.8 Å². The van der Waals surface area contributed by atoms with E-state index in [2.05, 4.69) is 10.6 Å². The maximum atomic E-state index is 12.1. The minimum atomic E-state index is -0.435. The molecule has 0 saturated carbocycles. The largest absolute Gasteiger partial charge is 0.369 e. The molecule has 0 bridgehead atoms. The highest BCUT2D eigenvalue weighted by atomic mass is 16.2. The lowest BCUT2D eigenvalue weighted by Gasteiger charge is -2.32. The van der Waals surface area contributed by atoms with Crippen molar-refractivity contribution in [3.8, 4) is 0 Å². The minimum absolute atomic E-state index is 0.0440. The van der Waals surface area contributed by atoms with Crippen LogP contribution in [0.5, 0.6) is 0 Å². The first kappa shape index (κ1) is 13.8. The lowest BCUT2D eigenvalue weighted by Crippen LogP contribution is -2.55. The molecule has 4 N–H and O–H groups in total. The number of amides is 3. The number of piperidine rings is 1. The van der Waals surface area contributed by atoms with Crippen LogP contribution in [0, 0.1) is 5.92 Å². The van der Waals surface area contributed by atoms with Crippen LogP contribution in [0.4, 0.5) is 0 Å². The van der Waals surface area contributed by atoms with E-state index in [1.165, 1.54) is 0 Å². The second-order valence-corrected chi connectivity index (χ2v) is 5.06. The third-order valence-electron chi connectivity index (χ3n) is 3.76. The molecule has 0 spiro atoms. The minimum Gasteiger partial charge on any atom is -0.369 e. The number of likely N-dealkylation sites (tertiary alicyclic amines) is 1. The van der Waals surface area contributed by atoms with Crippen LogP contribution in [-0.4, -0.2) is 54.8 Å². The van der Waals surface area contributed by atoms with Crippen molar-refractivity contribution in [1.29, 1.82) is 0 Å². The van der Waals surface area contributed by atoms with E-state index in [4.69, 9.17) is 5.73 Å². The summed E-state index contributed by atoms with van der Waals surface area (Å²) < 4.78 is 0. The van der Waals surface area contributed by atoms with E-state index in [9.17, 15) is 14.4 Å². The number of nitrogens with one attached hydrogen (secondary N) is 2. The summed E-state index contributed by atoms with van der Waals surface area (Å²) in [6, 6.07) is -0.435. The van der Waals surface area contributed by atoms with Gasteiger partial charge in [0.1, 0.15) is 0 Å². The van der Waals surface area contributed by atoms with E-state index in [0.29, 0.717) is 39.0 Å². The normalized spacial score (nSPS) is 24.9. The number of nitrogens with zero attached hydrogens (tertiary/aromatic N) is 1. The molecule has 0 unspecified atom stereocenters. The van der Waals surface area contributed by atoms with Crippen LogP contribution in [0.2, 0.25) is 0 Å². The first-order valence-corrected chi connectivity index (χ1v) is 6.66. The number of carbonyl (C=O) groups is 3. The predicted octanol–water partition coefficient (Wildman–Crippen LogP) is -1.81. The molecule has 0 radical (unpaired) electrons. The fraction of sp³-hybridized carbons (Fsp3) is 0.750. The molecule has 7 nitrogen and oxygen atoms in total. The summed E-state index contributed by atoms with van der Waals surface area (Å²) in [4.78, 5) is 36.4. The van der Waals surface area contributed by atoms with Gasteiger partial charge in [-0.3, -0.25) is 14.4 Å². The molecule has 0 aromatic carbocycles. The summed E-state index contributed by atoms with van der Waals surface area (Å²) in [6.45, 7) is 2.38. The summed E-state index contributed by atoms with van der Waals surface area (Å²) in [5, 5.41) is 5.76. The zero-order valence-electron chi connectivity index (χ0n) is 10.9. The molecule has 2 aliphatic rings. The molecular weight excluding hydrogens is 248 g/mol. The molecule has 7 heteroatoms. The summed E-state index contributed by atoms with van der Waals surface area (Å²) in [5.41, 5.74) is 5.25. The SMILES string of the molecule is NC(=O)C1CCN(C(=O)C[C@H]2NCCNC2=O)CC1. The van der Waals surface area contributed by atoms with Gasteiger partial charge in [0.15, 0.2) is 0 Å². The van der Waals surface area contributed by atoms with Crippen LogP contribution in [-0.2, 0) is 14.4 Å². The quantitative estimate of drug-likeness (QED) is 0.561. The predicted molar refractivity (Wildman–Crippen MR) is 67.9 cm³/mol. The Morgan fingerprint density at radius 1 is 1.26 bits per heavy atom. The van der Waals surface area contributed by atoms with Gasteiger partial charge < -0.3 is 21.3 Å². The molecule has 2 heterocycles. The Balaban J connectivity index is 1.81. The molecule has 0 aromatic rings. The molecular formula is C12H20N4O3. The molecule has 19 heavy (non-hydrogen) atoms. The first-order chi connectivity index (χ1) is 9.08. The van der Waals surface area contributed by atoms with E-state index in [0.717, 1.165) is 0 Å². The molecule has 2 fully saturated rings. The molecule has 106 valence electrons. The van der Waals surface area contributed by atoms with Gasteiger partial charge in [0.05, 0.1) is 12.5 Å². The Hall–Kier alpha value is -1.63. The second kappa shape index (κ2) is 6.01. The van der Waals surface area contributed by atoms with Crippen molar-refractivity contribution in [1.82, 2.24) is 15.5 Å². The van der Waals surface area contributed by atoms with Crippen molar-refractivity contribution >= 4 is 17.7 Å². The van der Waals surface area contributed by atoms with Crippen LogP contribution in [0.1, 0.15) is 19.3 Å². The molecule has 1 atom stereocenters. The summed E-state index contributed by atoms with van der Waals surface area (Å²) in [5.74, 6) is -0.579. The Morgan fingerprint density at radius 2 is 1.95 bits per heavy atom. The van der Waals surface area contributed by atoms with Gasteiger partial charge in [-0.25, -0.2) is 0 Å². The van der Waals surface area contributed by atoms with Gasteiger partial charge in [-0.15, -0.1) is 0 Å². The van der Waals surface area contributed by atoms with Gasteiger partial charge in [-0.2, -0.15) is 0 Å². The van der Waals surface area contributed by atoms with Crippen LogP contribution >= 0.6 is 0 Å². The highest BCUT2D eigenvalue weighted by Crippen LogP contribution is 2.17. The lowest BCUT2D eigenvalue weighted by molar-refractivity contribution is -0.137. The maximum Gasteiger partial charge on any atom is 0.237 e. The van der Waals surface area contributed by atoms with Crippen LogP contribution in [0.3, 0.4) is 0 Å². The standard InChI is InChI=1S/C12H20N4O3/c13-11(18)8-1-5-16(6-2-8)10(17)7-9-12(19)15-4-3-14-9/h8-9,14H,1-7H2,(H2,13,18)(H,15,19)/t9-/m1/s1. The highest BCUT2D eigenvalue weighted by molar-refractivity contribution is 5.89. The fourth-order valence-electron chi connectivity index (χ4n) is 2.53. The molecule has 0 aromatic heterocycles. The van der Waals surface area contributed by atoms with Gasteiger partial charge in [-0.1, -0.05) is 0 Å². The number of hydrogen-bond donors (Lipinski definition) is 3. The molecule has 0 aliphatic carbocycles. The highest BCUT2D eigenvalue weighted by Gasteiger charge is 2.29. The third-order valence-corrected chi connectivity index (χ3v) is 3.76. The van der Waals surface area contributed by atoms with E-state index < -0.39 is 6.04 Å². The zero-order valence-corrected chi connectivity index (χ0v) is 10.9. The van der Waals surface area contributed by atoms with Crippen molar-refractivity contribution in [2.24, 2.45) is 11.7 Å². The third kappa shape index (κ3) is 3.44. The Bertz CT molecular complexity index is 377. The van der Waals surface area contributed by atoms with E-state index in [1.807, 2.05) is 0 Å². The Labute approximate surface area is 111 Å². The number of rotatable bonds is 3. The number of primary amides is 1. The van der Waals surface area contributed by atoms with E-state index in [1.54, 1.807) is 4.90 Å². The molecule has 2 saturated heterocycles. The topological polar surface area (TPSA) is 105 Å². The Morgan fingerprint density at radius 3 is 2.53 bits per heavy atom. The van der Waals surface area contributed by atoms with Crippen molar-refractivity contribution < 1.29 is 14.4 Å². The number of nitrogens with two attached hydrogens (primary N) is 1. The molecule has 2 aliphatic heterocycles. The van der Waals surface area contributed by atoms with Crippen molar-refractivity contribution in [2.75, 3.05) is 26.2 Å². The number of hydrogen-bond acceptors (Lipinski definition) is 4. The number of piperazine rings is 1. The van der Waals surface area contributed by atoms with E-state index in [-0.39, 0.29) is 30.1 Å². The van der Waals surface area contributed by atoms with Crippen LogP contribution in [0.15, 0.2) is 0 Å². The monoisotopic (exact) mass is 268 g/mol. The smallest absolute Gasteiger partial charge is 0.237 e. The van der Waals surface area contributed by atoms with Crippen molar-refractivity contribution in [3.05, 3.63) is 0 Å². The molecule has 3 amide bonds. The molecule has 2 rings (SSSR count). The van der Waals surface area contributed by atoms with Crippen molar-refractivity contribution in [2.45, 2.75) is 25.3 Å². The lowest BCUT2D eigenvalue weighted by atomic mass is 9.96. The average Bonchev–Trinajstić information content (AvgIpc) is 2.41. The van der Waals surface area contributed by atoms with Gasteiger partial charge >= 0.3 is 0 Å². The summed E-state index contributed by atoms with van der Waals surface area (Å²) in [7, 11) is 0. The number of carbonyl (C=O) groups excluding carboxylic acids is 3. The van der Waals surface area contributed by atoms with Gasteiger partial charge in [0, 0.05) is 32.1 Å². The van der Waals surface area contributed by atoms with Crippen LogP contribution in [0.25, 0.3) is 0 Å². The van der Waals surface area contributed by atoms with E-state index >= 15 is 0 Å². The first-order valence-electron chi connectivity index (χ1n) is 6.66. The van der Waals surface area contributed by atoms with Crippen LogP contribution < -0.4 is 16.4 Å². The zero-order chi connectivity index (χ0) is 13.8. The maximum absolute atomic E-state index is 12.1. The summed E-state index contributed by atoms with van der Waals surface area (Å²) in [6.07, 6.45) is 1.41. The fourth-order valence-corrected chi connectivity index (χ4v) is 2.53. The average molecular weight is 268 g/mol. The van der Waals surface area contributed by atoms with Gasteiger partial charge in [0.2, 0.25) is 17.7 Å². The summed E-state index contributed by atoms with van der Waals surface area (Å²) >= 11 is 0. The van der Waals surface area contributed by atoms with Crippen molar-refractivity contribution in [3.63, 3.8) is 0 Å². The second-order valence-electron chi connectivity index (χ2n) is 5.06.